The molecule has 0 amide bonds. The van der Waals surface area contributed by atoms with Crippen LogP contribution in [0.25, 0.3) is 0 Å². The zero-order chi connectivity index (χ0) is 12.3. The van der Waals surface area contributed by atoms with E-state index in [4.69, 9.17) is 4.42 Å². The Hall–Kier alpha value is -1.55. The maximum Gasteiger partial charge on any atom is 0.110 e. The average Bonchev–Trinajstić information content (AvgIpc) is 2.94. The van der Waals surface area contributed by atoms with E-state index in [1.54, 1.807) is 0 Å². The second kappa shape index (κ2) is 5.19. The van der Waals surface area contributed by atoms with Gasteiger partial charge in [0.2, 0.25) is 0 Å². The highest BCUT2D eigenvalue weighted by atomic mass is 16.3. The van der Waals surface area contributed by atoms with E-state index >= 15 is 0 Å². The predicted molar refractivity (Wildman–Crippen MR) is 66.9 cm³/mol. The Morgan fingerprint density at radius 2 is 2.35 bits per heavy atom. The molecule has 0 saturated carbocycles. The molecule has 4 nitrogen and oxygen atoms in total. The first-order valence-corrected chi connectivity index (χ1v) is 5.97. The van der Waals surface area contributed by atoms with E-state index in [2.05, 4.69) is 27.9 Å². The molecule has 0 aliphatic rings. The normalized spacial score (nSPS) is 12.9. The molecule has 0 spiro atoms. The van der Waals surface area contributed by atoms with Gasteiger partial charge in [-0.1, -0.05) is 0 Å². The van der Waals surface area contributed by atoms with Crippen LogP contribution in [0.3, 0.4) is 0 Å². The number of likely N-dealkylation sites (N-methyl/N-ethyl adjacent to an activating group) is 1. The Morgan fingerprint density at radius 3 is 2.94 bits per heavy atom. The molecule has 2 aromatic rings. The lowest BCUT2D eigenvalue weighted by Crippen LogP contribution is -2.20. The fourth-order valence-corrected chi connectivity index (χ4v) is 2.03. The molecule has 0 radical (unpaired) electrons. The minimum Gasteiger partial charge on any atom is -0.469 e. The lowest BCUT2D eigenvalue weighted by atomic mass is 10.1. The van der Waals surface area contributed by atoms with Gasteiger partial charge in [-0.15, -0.1) is 0 Å². The molecule has 2 rings (SSSR count). The van der Waals surface area contributed by atoms with Gasteiger partial charge in [-0.25, -0.2) is 4.98 Å². The number of aromatic nitrogens is 2. The third-order valence-corrected chi connectivity index (χ3v) is 3.03. The highest BCUT2D eigenvalue weighted by Gasteiger charge is 2.15. The van der Waals surface area contributed by atoms with Gasteiger partial charge in [0, 0.05) is 37.0 Å². The Labute approximate surface area is 102 Å². The van der Waals surface area contributed by atoms with Crippen molar-refractivity contribution in [1.29, 1.82) is 0 Å². The molecule has 1 atom stereocenters. The number of nitrogens with one attached hydrogen (secondary N) is 1. The molecule has 2 aromatic heterocycles. The number of hydrogen-bond acceptors (Lipinski definition) is 3. The maximum atomic E-state index is 5.36. The van der Waals surface area contributed by atoms with Crippen LogP contribution in [0.15, 0.2) is 29.1 Å². The summed E-state index contributed by atoms with van der Waals surface area (Å²) in [5.41, 5.74) is 1.18. The largest absolute Gasteiger partial charge is 0.469 e. The SMILES string of the molecule is CCn1ccnc1CC(NC)c1coc(C)c1. The molecule has 2 heterocycles. The summed E-state index contributed by atoms with van der Waals surface area (Å²) in [6.45, 7) is 5.04. The molecule has 0 aliphatic heterocycles. The van der Waals surface area contributed by atoms with Crippen LogP contribution in [0.2, 0.25) is 0 Å². The van der Waals surface area contributed by atoms with Gasteiger partial charge in [0.1, 0.15) is 11.6 Å². The molecule has 1 unspecified atom stereocenters. The molecule has 0 bridgehead atoms. The third-order valence-electron chi connectivity index (χ3n) is 3.03. The van der Waals surface area contributed by atoms with E-state index in [1.165, 1.54) is 5.56 Å². The fourth-order valence-electron chi connectivity index (χ4n) is 2.03. The predicted octanol–water partition coefficient (Wildman–Crippen LogP) is 2.31. The van der Waals surface area contributed by atoms with Crippen LogP contribution in [-0.2, 0) is 13.0 Å². The van der Waals surface area contributed by atoms with Crippen molar-refractivity contribution in [2.24, 2.45) is 0 Å². The van der Waals surface area contributed by atoms with Gasteiger partial charge in [0.25, 0.3) is 0 Å². The van der Waals surface area contributed by atoms with Crippen molar-refractivity contribution in [3.05, 3.63) is 41.9 Å². The van der Waals surface area contributed by atoms with Crippen molar-refractivity contribution in [3.8, 4) is 0 Å². The first kappa shape index (κ1) is 11.9. The Bertz CT molecular complexity index is 472. The molecule has 0 aliphatic carbocycles. The number of rotatable bonds is 5. The van der Waals surface area contributed by atoms with E-state index < -0.39 is 0 Å². The van der Waals surface area contributed by atoms with E-state index in [0.29, 0.717) is 0 Å². The molecule has 0 saturated heterocycles. The minimum absolute atomic E-state index is 0.250. The summed E-state index contributed by atoms with van der Waals surface area (Å²) in [7, 11) is 1.96. The van der Waals surface area contributed by atoms with E-state index in [0.717, 1.165) is 24.6 Å². The second-order valence-corrected chi connectivity index (χ2v) is 4.17. The molecule has 0 aromatic carbocycles. The van der Waals surface area contributed by atoms with Crippen LogP contribution in [0.5, 0.6) is 0 Å². The van der Waals surface area contributed by atoms with Crippen LogP contribution >= 0.6 is 0 Å². The second-order valence-electron chi connectivity index (χ2n) is 4.17. The van der Waals surface area contributed by atoms with Crippen molar-refractivity contribution in [1.82, 2.24) is 14.9 Å². The van der Waals surface area contributed by atoms with Crippen molar-refractivity contribution in [2.45, 2.75) is 32.9 Å². The fraction of sp³-hybridized carbons (Fsp3) is 0.462. The first-order valence-electron chi connectivity index (χ1n) is 5.97. The Morgan fingerprint density at radius 1 is 1.53 bits per heavy atom. The van der Waals surface area contributed by atoms with Crippen molar-refractivity contribution in [3.63, 3.8) is 0 Å². The zero-order valence-electron chi connectivity index (χ0n) is 10.6. The standard InChI is InChI=1S/C13H19N3O/c1-4-16-6-5-15-13(16)8-12(14-3)11-7-10(2)17-9-11/h5-7,9,12,14H,4,8H2,1-3H3. The molecule has 0 fully saturated rings. The average molecular weight is 233 g/mol. The molecular formula is C13H19N3O. The lowest BCUT2D eigenvalue weighted by molar-refractivity contribution is 0.513. The summed E-state index contributed by atoms with van der Waals surface area (Å²) in [5.74, 6) is 2.05. The van der Waals surface area contributed by atoms with Crippen LogP contribution < -0.4 is 5.32 Å². The van der Waals surface area contributed by atoms with Gasteiger partial charge in [0.15, 0.2) is 0 Å². The van der Waals surface area contributed by atoms with E-state index in [1.807, 2.05) is 32.6 Å². The summed E-state index contributed by atoms with van der Waals surface area (Å²) < 4.78 is 7.52. The van der Waals surface area contributed by atoms with Crippen LogP contribution in [-0.4, -0.2) is 16.6 Å². The van der Waals surface area contributed by atoms with Crippen LogP contribution in [0.1, 0.15) is 30.1 Å². The van der Waals surface area contributed by atoms with E-state index in [-0.39, 0.29) is 6.04 Å². The molecule has 4 heteroatoms. The maximum absolute atomic E-state index is 5.36. The minimum atomic E-state index is 0.250. The topological polar surface area (TPSA) is 43.0 Å². The summed E-state index contributed by atoms with van der Waals surface area (Å²) in [6, 6.07) is 2.32. The van der Waals surface area contributed by atoms with Crippen molar-refractivity contribution in [2.75, 3.05) is 7.05 Å². The quantitative estimate of drug-likeness (QED) is 0.861. The first-order chi connectivity index (χ1) is 8.24. The van der Waals surface area contributed by atoms with Gasteiger partial charge in [-0.05, 0) is 27.0 Å². The van der Waals surface area contributed by atoms with Gasteiger partial charge in [-0.2, -0.15) is 0 Å². The third kappa shape index (κ3) is 2.58. The number of aryl methyl sites for hydroxylation is 2. The number of imidazole rings is 1. The summed E-state index contributed by atoms with van der Waals surface area (Å²) in [4.78, 5) is 4.40. The zero-order valence-corrected chi connectivity index (χ0v) is 10.6. The van der Waals surface area contributed by atoms with Crippen molar-refractivity contribution < 1.29 is 4.42 Å². The number of furan rings is 1. The summed E-state index contributed by atoms with van der Waals surface area (Å²) >= 11 is 0. The molecule has 92 valence electrons. The van der Waals surface area contributed by atoms with Crippen molar-refractivity contribution >= 4 is 0 Å². The summed E-state index contributed by atoms with van der Waals surface area (Å²) in [6.07, 6.45) is 6.56. The van der Waals surface area contributed by atoms with Gasteiger partial charge in [0.05, 0.1) is 6.26 Å². The smallest absolute Gasteiger partial charge is 0.110 e. The highest BCUT2D eigenvalue weighted by molar-refractivity contribution is 5.18. The van der Waals surface area contributed by atoms with Crippen LogP contribution in [0, 0.1) is 6.92 Å². The van der Waals surface area contributed by atoms with Crippen LogP contribution in [0.4, 0.5) is 0 Å². The molecule has 17 heavy (non-hydrogen) atoms. The molecule has 1 N–H and O–H groups in total. The van der Waals surface area contributed by atoms with Gasteiger partial charge >= 0.3 is 0 Å². The Kier molecular flexibility index (Phi) is 3.64. The van der Waals surface area contributed by atoms with E-state index in [9.17, 15) is 0 Å². The monoisotopic (exact) mass is 233 g/mol. The number of hydrogen-bond donors (Lipinski definition) is 1. The number of nitrogens with zero attached hydrogens (tertiary/aromatic N) is 2. The van der Waals surface area contributed by atoms with Gasteiger partial charge < -0.3 is 14.3 Å². The highest BCUT2D eigenvalue weighted by Crippen LogP contribution is 2.19. The van der Waals surface area contributed by atoms with Gasteiger partial charge in [-0.3, -0.25) is 0 Å². The Balaban J connectivity index is 2.15. The lowest BCUT2D eigenvalue weighted by Gasteiger charge is -2.14. The summed E-state index contributed by atoms with van der Waals surface area (Å²) in [5, 5.41) is 3.31. The molecular weight excluding hydrogens is 214 g/mol.